The molecule has 0 fully saturated rings. The standard InChI is InChI=1S/C50H29N5/c51-30-32-21-24-48-40(27-32)37-13-3-8-18-45(37)54(48)46-19-9-4-14-38(46)41-28-33(31-52)22-25-49(41)55-47-20-10-5-15-39(47)42-29-34(23-26-50(42)55)53-43-16-6-1-11-35(43)36-12-2-7-17-44(36)53/h1-29H. The van der Waals surface area contributed by atoms with E-state index < -0.39 is 0 Å². The second-order valence-electron chi connectivity index (χ2n) is 14.0. The van der Waals surface area contributed by atoms with Gasteiger partial charge in [-0.2, -0.15) is 10.5 Å². The van der Waals surface area contributed by atoms with Crippen molar-refractivity contribution in [1.29, 1.82) is 10.5 Å². The summed E-state index contributed by atoms with van der Waals surface area (Å²) in [7, 11) is 0. The minimum absolute atomic E-state index is 0.587. The van der Waals surface area contributed by atoms with Gasteiger partial charge in [0, 0.05) is 49.1 Å². The third-order valence-electron chi connectivity index (χ3n) is 11.1. The molecule has 0 saturated carbocycles. The lowest BCUT2D eigenvalue weighted by atomic mass is 9.98. The Morgan fingerprint density at radius 1 is 0.309 bits per heavy atom. The van der Waals surface area contributed by atoms with E-state index in [1.54, 1.807) is 0 Å². The molecule has 0 saturated heterocycles. The van der Waals surface area contributed by atoms with Gasteiger partial charge < -0.3 is 13.7 Å². The molecule has 3 heterocycles. The molecule has 0 N–H and O–H groups in total. The SMILES string of the molecule is N#Cc1ccc(-n2c3ccccc3c3cc(-n4c5ccccc5c5ccccc54)ccc32)c(-c2ccccc2-n2c3ccccc3c3cc(C#N)ccc32)c1. The molecule has 254 valence electrons. The highest BCUT2D eigenvalue weighted by Crippen LogP contribution is 2.42. The first-order chi connectivity index (χ1) is 27.2. The number of rotatable bonds is 4. The van der Waals surface area contributed by atoms with Crippen molar-refractivity contribution in [3.05, 3.63) is 187 Å². The smallest absolute Gasteiger partial charge is 0.0991 e. The summed E-state index contributed by atoms with van der Waals surface area (Å²) in [6.45, 7) is 0. The molecule has 3 aromatic heterocycles. The van der Waals surface area contributed by atoms with Gasteiger partial charge in [-0.1, -0.05) is 91.0 Å². The van der Waals surface area contributed by atoms with Crippen LogP contribution in [0.1, 0.15) is 11.1 Å². The van der Waals surface area contributed by atoms with E-state index in [4.69, 9.17) is 0 Å². The molecule has 8 aromatic carbocycles. The van der Waals surface area contributed by atoms with Gasteiger partial charge in [-0.05, 0) is 84.9 Å². The average molecular weight is 700 g/mol. The van der Waals surface area contributed by atoms with Crippen LogP contribution in [0, 0.1) is 22.7 Å². The Morgan fingerprint density at radius 3 is 1.33 bits per heavy atom. The zero-order valence-corrected chi connectivity index (χ0v) is 29.5. The van der Waals surface area contributed by atoms with Gasteiger partial charge in [-0.3, -0.25) is 0 Å². The maximum absolute atomic E-state index is 10.2. The van der Waals surface area contributed by atoms with Crippen LogP contribution < -0.4 is 0 Å². The van der Waals surface area contributed by atoms with Gasteiger partial charge in [-0.25, -0.2) is 0 Å². The molecule has 11 rings (SSSR count). The highest BCUT2D eigenvalue weighted by atomic mass is 15.0. The molecule has 11 aromatic rings. The van der Waals surface area contributed by atoms with Crippen molar-refractivity contribution in [1.82, 2.24) is 13.7 Å². The molecule has 55 heavy (non-hydrogen) atoms. The Bertz CT molecular complexity index is 3420. The number of aromatic nitrogens is 3. The van der Waals surface area contributed by atoms with Crippen molar-refractivity contribution in [3.8, 4) is 40.3 Å². The summed E-state index contributed by atoms with van der Waals surface area (Å²) in [5, 5.41) is 26.9. The molecule has 5 heteroatoms. The zero-order valence-electron chi connectivity index (χ0n) is 29.5. The second-order valence-corrected chi connectivity index (χ2v) is 14.0. The number of hydrogen-bond acceptors (Lipinski definition) is 2. The monoisotopic (exact) mass is 699 g/mol. The molecule has 0 atom stereocenters. The molecular formula is C50H29N5. The summed E-state index contributed by atoms with van der Waals surface area (Å²) in [4.78, 5) is 0. The van der Waals surface area contributed by atoms with E-state index in [2.05, 4.69) is 165 Å². The molecule has 0 aliphatic carbocycles. The lowest BCUT2D eigenvalue weighted by molar-refractivity contribution is 1.15. The molecular weight excluding hydrogens is 671 g/mol. The van der Waals surface area contributed by atoms with Gasteiger partial charge in [0.05, 0.1) is 67.7 Å². The third kappa shape index (κ3) is 4.45. The summed E-state index contributed by atoms with van der Waals surface area (Å²) in [6.07, 6.45) is 0. The molecule has 0 bridgehead atoms. The fourth-order valence-corrected chi connectivity index (χ4v) is 8.77. The van der Waals surface area contributed by atoms with Crippen LogP contribution in [0.4, 0.5) is 0 Å². The number of hydrogen-bond donors (Lipinski definition) is 0. The van der Waals surface area contributed by atoms with Crippen LogP contribution in [-0.4, -0.2) is 13.7 Å². The maximum Gasteiger partial charge on any atom is 0.0991 e. The van der Waals surface area contributed by atoms with Crippen molar-refractivity contribution in [2.45, 2.75) is 0 Å². The molecule has 0 radical (unpaired) electrons. The molecule has 0 aliphatic heterocycles. The Balaban J connectivity index is 1.19. The third-order valence-corrected chi connectivity index (χ3v) is 11.1. The van der Waals surface area contributed by atoms with E-state index in [-0.39, 0.29) is 0 Å². The first-order valence-corrected chi connectivity index (χ1v) is 18.3. The molecule has 5 nitrogen and oxygen atoms in total. The minimum atomic E-state index is 0.587. The summed E-state index contributed by atoms with van der Waals surface area (Å²) in [6, 6.07) is 66.0. The highest BCUT2D eigenvalue weighted by Gasteiger charge is 2.21. The van der Waals surface area contributed by atoms with Crippen molar-refractivity contribution in [3.63, 3.8) is 0 Å². The van der Waals surface area contributed by atoms with Crippen LogP contribution in [-0.2, 0) is 0 Å². The van der Waals surface area contributed by atoms with Crippen molar-refractivity contribution in [2.75, 3.05) is 0 Å². The Morgan fingerprint density at radius 2 is 0.727 bits per heavy atom. The quantitative estimate of drug-likeness (QED) is 0.184. The van der Waals surface area contributed by atoms with Gasteiger partial charge in [-0.15, -0.1) is 0 Å². The Kier molecular flexibility index (Phi) is 6.61. The van der Waals surface area contributed by atoms with Crippen LogP contribution >= 0.6 is 0 Å². The molecule has 0 amide bonds. The number of nitrogens with zero attached hydrogens (tertiary/aromatic N) is 5. The number of para-hydroxylation sites is 5. The zero-order chi connectivity index (χ0) is 36.6. The molecule has 0 unspecified atom stereocenters. The average Bonchev–Trinajstić information content (AvgIpc) is 3.88. The van der Waals surface area contributed by atoms with Crippen molar-refractivity contribution < 1.29 is 0 Å². The first kappa shape index (κ1) is 30.7. The predicted octanol–water partition coefficient (Wildman–Crippen LogP) is 12.4. The van der Waals surface area contributed by atoms with E-state index in [1.165, 1.54) is 21.8 Å². The van der Waals surface area contributed by atoms with E-state index >= 15 is 0 Å². The summed E-state index contributed by atoms with van der Waals surface area (Å²) < 4.78 is 7.00. The lowest BCUT2D eigenvalue weighted by Crippen LogP contribution is -2.02. The summed E-state index contributed by atoms with van der Waals surface area (Å²) in [5.74, 6) is 0. The predicted molar refractivity (Wildman–Crippen MR) is 224 cm³/mol. The first-order valence-electron chi connectivity index (χ1n) is 18.3. The van der Waals surface area contributed by atoms with Gasteiger partial charge >= 0.3 is 0 Å². The topological polar surface area (TPSA) is 62.4 Å². The fourth-order valence-electron chi connectivity index (χ4n) is 8.77. The van der Waals surface area contributed by atoms with Gasteiger partial charge in [0.15, 0.2) is 0 Å². The maximum atomic E-state index is 10.2. The van der Waals surface area contributed by atoms with Gasteiger partial charge in [0.2, 0.25) is 0 Å². The van der Waals surface area contributed by atoms with Crippen LogP contribution in [0.3, 0.4) is 0 Å². The number of fused-ring (bicyclic) bond motifs is 9. The number of nitriles is 2. The van der Waals surface area contributed by atoms with Crippen LogP contribution in [0.2, 0.25) is 0 Å². The van der Waals surface area contributed by atoms with Gasteiger partial charge in [0.1, 0.15) is 0 Å². The van der Waals surface area contributed by atoms with E-state index in [0.717, 1.165) is 71.8 Å². The normalized spacial score (nSPS) is 11.6. The lowest BCUT2D eigenvalue weighted by Gasteiger charge is -2.19. The van der Waals surface area contributed by atoms with E-state index in [0.29, 0.717) is 11.1 Å². The van der Waals surface area contributed by atoms with Crippen molar-refractivity contribution >= 4 is 65.4 Å². The van der Waals surface area contributed by atoms with E-state index in [1.807, 2.05) is 36.4 Å². The van der Waals surface area contributed by atoms with Gasteiger partial charge in [0.25, 0.3) is 0 Å². The largest absolute Gasteiger partial charge is 0.309 e. The Hall–Kier alpha value is -7.86. The number of benzene rings is 8. The Labute approximate surface area is 316 Å². The van der Waals surface area contributed by atoms with Crippen LogP contribution in [0.5, 0.6) is 0 Å². The summed E-state index contributed by atoms with van der Waals surface area (Å²) in [5.41, 5.74) is 12.8. The van der Waals surface area contributed by atoms with Crippen LogP contribution in [0.25, 0.3) is 93.6 Å². The van der Waals surface area contributed by atoms with E-state index in [9.17, 15) is 10.5 Å². The fraction of sp³-hybridized carbons (Fsp3) is 0. The summed E-state index contributed by atoms with van der Waals surface area (Å²) >= 11 is 0. The van der Waals surface area contributed by atoms with Crippen LogP contribution in [0.15, 0.2) is 176 Å². The van der Waals surface area contributed by atoms with Crippen molar-refractivity contribution in [2.24, 2.45) is 0 Å². The molecule has 0 aliphatic rings. The highest BCUT2D eigenvalue weighted by molar-refractivity contribution is 6.13. The minimum Gasteiger partial charge on any atom is -0.309 e. The molecule has 0 spiro atoms. The second kappa shape index (κ2) is 11.8.